The van der Waals surface area contributed by atoms with Crippen LogP contribution in [0.5, 0.6) is 11.5 Å². The maximum atomic E-state index is 12.8. The second kappa shape index (κ2) is 9.46. The molecule has 2 aromatic carbocycles. The Balaban J connectivity index is 1.71. The van der Waals surface area contributed by atoms with Gasteiger partial charge >= 0.3 is 10.1 Å². The number of sulfone groups is 1. The van der Waals surface area contributed by atoms with Gasteiger partial charge in [-0.25, -0.2) is 13.3 Å². The number of fused-ring (bicyclic) bond motifs is 1. The van der Waals surface area contributed by atoms with E-state index in [4.69, 9.17) is 14.3 Å². The summed E-state index contributed by atoms with van der Waals surface area (Å²) in [6.07, 6.45) is 2.24. The molecule has 0 radical (unpaired) electrons. The Bertz CT molecular complexity index is 1610. The highest BCUT2D eigenvalue weighted by molar-refractivity contribution is 9.10. The minimum Gasteiger partial charge on any atom is -0.493 e. The quantitative estimate of drug-likeness (QED) is 0.304. The van der Waals surface area contributed by atoms with Crippen LogP contribution in [0.15, 0.2) is 60.7 Å². The van der Waals surface area contributed by atoms with Gasteiger partial charge in [0.15, 0.2) is 11.5 Å². The summed E-state index contributed by atoms with van der Waals surface area (Å²) in [4.78, 5) is 17.4. The molecule has 11 nitrogen and oxygen atoms in total. The van der Waals surface area contributed by atoms with Crippen molar-refractivity contribution in [3.05, 3.63) is 57.6 Å². The van der Waals surface area contributed by atoms with Gasteiger partial charge in [-0.05, 0) is 58.8 Å². The van der Waals surface area contributed by atoms with Gasteiger partial charge in [0.2, 0.25) is 20.2 Å². The van der Waals surface area contributed by atoms with E-state index in [2.05, 4.69) is 25.3 Å². The average molecular weight is 613 g/mol. The van der Waals surface area contributed by atoms with Crippen molar-refractivity contribution in [2.75, 3.05) is 13.4 Å². The van der Waals surface area contributed by atoms with E-state index in [0.29, 0.717) is 17.5 Å². The molecule has 0 aromatic heterocycles. The van der Waals surface area contributed by atoms with Gasteiger partial charge in [0, 0.05) is 6.26 Å². The molecule has 0 unspecified atom stereocenters. The molecule has 15 heteroatoms. The number of hydrogen-bond donors (Lipinski definition) is 1. The van der Waals surface area contributed by atoms with E-state index < -0.39 is 36.9 Å². The van der Waals surface area contributed by atoms with E-state index in [-0.39, 0.29) is 31.6 Å². The third-order valence-electron chi connectivity index (χ3n) is 4.89. The van der Waals surface area contributed by atoms with Crippen molar-refractivity contribution in [2.24, 2.45) is 9.39 Å². The zero-order chi connectivity index (χ0) is 26.4. The largest absolute Gasteiger partial charge is 0.493 e. The van der Waals surface area contributed by atoms with Gasteiger partial charge in [0.25, 0.3) is 5.91 Å². The molecule has 4 rings (SSSR count). The summed E-state index contributed by atoms with van der Waals surface area (Å²) in [7, 11) is -6.66. The molecule has 1 N–H and O–H groups in total. The van der Waals surface area contributed by atoms with Crippen molar-refractivity contribution in [3.63, 3.8) is 0 Å². The summed E-state index contributed by atoms with van der Waals surface area (Å²) in [5.74, 6) is -1.27. The molecule has 2 heterocycles. The Hall–Kier alpha value is -3.01. The fraction of sp³-hybridized carbons (Fsp3) is 0.143. The maximum Gasteiger partial charge on any atom is 0.339 e. The average Bonchev–Trinajstić information content (AvgIpc) is 3.23. The van der Waals surface area contributed by atoms with E-state index in [9.17, 15) is 21.6 Å². The molecule has 0 bridgehead atoms. The maximum absolute atomic E-state index is 12.8. The number of rotatable bonds is 5. The lowest BCUT2D eigenvalue weighted by atomic mass is 10.1. The van der Waals surface area contributed by atoms with E-state index in [1.807, 2.05) is 6.92 Å². The van der Waals surface area contributed by atoms with Crippen molar-refractivity contribution in [2.45, 2.75) is 11.8 Å². The molecule has 2 aliphatic heterocycles. The number of halogens is 1. The van der Waals surface area contributed by atoms with Gasteiger partial charge in [-0.1, -0.05) is 17.7 Å². The summed E-state index contributed by atoms with van der Waals surface area (Å²) >= 11 is 3.96. The zero-order valence-corrected chi connectivity index (χ0v) is 22.9. The first-order valence-electron chi connectivity index (χ1n) is 9.89. The van der Waals surface area contributed by atoms with Crippen LogP contribution in [0.25, 0.3) is 6.08 Å². The number of carbonyl (C=O) groups is 1. The summed E-state index contributed by atoms with van der Waals surface area (Å²) in [6, 6.07) is 8.98. The summed E-state index contributed by atoms with van der Waals surface area (Å²) in [5, 5.41) is 8.00. The highest BCUT2D eigenvalue weighted by atomic mass is 79.9. The molecule has 0 spiro atoms. The number of ether oxygens (including phenoxy) is 1. The molecule has 1 amide bonds. The number of methoxy groups -OCH3 is 1. The highest BCUT2D eigenvalue weighted by Gasteiger charge is 2.41. The molecule has 36 heavy (non-hydrogen) atoms. The number of amides is 1. The van der Waals surface area contributed by atoms with Gasteiger partial charge in [-0.15, -0.1) is 0 Å². The number of aryl methyl sites for hydroxylation is 1. The molecule has 2 aliphatic rings. The predicted octanol–water partition coefficient (Wildman–Crippen LogP) is 3.16. The van der Waals surface area contributed by atoms with Crippen LogP contribution in [0.1, 0.15) is 11.1 Å². The van der Waals surface area contributed by atoms with Gasteiger partial charge < -0.3 is 8.92 Å². The number of nitrogens with one attached hydrogen (secondary N) is 1. The lowest BCUT2D eigenvalue weighted by Crippen LogP contribution is -2.45. The topological polar surface area (TPSA) is 156 Å². The van der Waals surface area contributed by atoms with E-state index in [1.54, 1.807) is 12.1 Å². The van der Waals surface area contributed by atoms with Gasteiger partial charge in [-0.2, -0.15) is 17.8 Å². The summed E-state index contributed by atoms with van der Waals surface area (Å²) in [6.45, 7) is 1.82. The van der Waals surface area contributed by atoms with Crippen molar-refractivity contribution in [1.29, 1.82) is 5.41 Å². The minimum absolute atomic E-state index is 0.0287. The van der Waals surface area contributed by atoms with E-state index in [1.165, 1.54) is 37.5 Å². The first-order chi connectivity index (χ1) is 16.8. The molecular formula is C21H17BrN4O7S3. The fourth-order valence-electron chi connectivity index (χ4n) is 3.17. The van der Waals surface area contributed by atoms with Crippen LogP contribution in [-0.2, 0) is 24.7 Å². The Labute approximate surface area is 219 Å². The second-order valence-corrected chi connectivity index (χ2v) is 12.6. The third-order valence-corrected chi connectivity index (χ3v) is 8.47. The predicted molar refractivity (Wildman–Crippen MR) is 140 cm³/mol. The molecular weight excluding hydrogens is 596 g/mol. The van der Waals surface area contributed by atoms with Gasteiger partial charge in [-0.3, -0.25) is 10.2 Å². The molecule has 0 atom stereocenters. The van der Waals surface area contributed by atoms with Crippen molar-refractivity contribution < 1.29 is 30.6 Å². The molecule has 188 valence electrons. The summed E-state index contributed by atoms with van der Waals surface area (Å²) in [5.41, 5.74) is 1.01. The Morgan fingerprint density at radius 3 is 2.42 bits per heavy atom. The van der Waals surface area contributed by atoms with E-state index >= 15 is 0 Å². The van der Waals surface area contributed by atoms with Crippen LogP contribution >= 0.6 is 27.9 Å². The third kappa shape index (κ3) is 4.96. The molecule has 0 fully saturated rings. The van der Waals surface area contributed by atoms with Crippen LogP contribution in [0, 0.1) is 12.3 Å². The Morgan fingerprint density at radius 2 is 1.81 bits per heavy atom. The van der Waals surface area contributed by atoms with Gasteiger partial charge in [0.1, 0.15) is 10.7 Å². The lowest BCUT2D eigenvalue weighted by Gasteiger charge is -2.24. The first-order valence-corrected chi connectivity index (χ1v) is 14.8. The molecule has 0 saturated carbocycles. The number of carbonyl (C=O) groups excluding carboxylic acids is 1. The number of amidine groups is 3. The normalized spacial score (nSPS) is 17.1. The Morgan fingerprint density at radius 1 is 1.14 bits per heavy atom. The Kier molecular flexibility index (Phi) is 6.85. The number of hydrogen-bond acceptors (Lipinski definition) is 10. The number of benzene rings is 2. The van der Waals surface area contributed by atoms with Crippen LogP contribution in [-0.4, -0.2) is 57.2 Å². The monoisotopic (exact) mass is 612 g/mol. The minimum atomic E-state index is -4.18. The second-order valence-electron chi connectivity index (χ2n) is 7.56. The molecule has 0 saturated heterocycles. The first kappa shape index (κ1) is 26.1. The van der Waals surface area contributed by atoms with Crippen molar-refractivity contribution >= 4 is 76.0 Å². The van der Waals surface area contributed by atoms with Crippen LogP contribution in [0.2, 0.25) is 0 Å². The zero-order valence-electron chi connectivity index (χ0n) is 18.8. The number of nitrogens with zero attached hydrogens (tertiary/aromatic N) is 3. The van der Waals surface area contributed by atoms with Crippen molar-refractivity contribution in [1.82, 2.24) is 4.90 Å². The summed E-state index contributed by atoms with van der Waals surface area (Å²) < 4.78 is 64.3. The highest BCUT2D eigenvalue weighted by Crippen LogP contribution is 2.39. The fourth-order valence-corrected chi connectivity index (χ4v) is 6.62. The molecule has 0 aliphatic carbocycles. The standard InChI is InChI=1S/C21H17BrN4O7S3/c1-11-4-6-13(7-5-11)36(30,31)33-17-15(22)9-12(10-16(17)32-2)8-14-18(23)26-20(24-19(14)27)34-25-21(26)35(3,28)29/h4-10,23H,1-3H3/b14-8-,23-18?. The smallest absolute Gasteiger partial charge is 0.339 e. The molecule has 2 aromatic rings. The van der Waals surface area contributed by atoms with Crippen LogP contribution < -0.4 is 8.92 Å². The SMILES string of the molecule is COc1cc(/C=C2/C(=N)N3C(=NC2=O)SN=C3S(C)(=O)=O)cc(Br)c1OS(=O)(=O)c1ccc(C)cc1. The van der Waals surface area contributed by atoms with Gasteiger partial charge in [0.05, 0.1) is 29.1 Å². The number of aliphatic imine (C=N–C) groups is 1. The van der Waals surface area contributed by atoms with Crippen LogP contribution in [0.4, 0.5) is 0 Å². The van der Waals surface area contributed by atoms with E-state index in [0.717, 1.165) is 16.7 Å². The van der Waals surface area contributed by atoms with Crippen molar-refractivity contribution in [3.8, 4) is 11.5 Å². The lowest BCUT2D eigenvalue weighted by molar-refractivity contribution is -0.114. The van der Waals surface area contributed by atoms with Crippen LogP contribution in [0.3, 0.4) is 0 Å².